The highest BCUT2D eigenvalue weighted by Gasteiger charge is 2.24. The maximum Gasteiger partial charge on any atom is 0.308 e. The minimum Gasteiger partial charge on any atom is -0.427 e. The van der Waals surface area contributed by atoms with E-state index in [2.05, 4.69) is 0 Å². The SMILES string of the molecule is CC(=O)Oc1cccc(C(=O)N2CCN(C(=O)/C=C/c3cccc(Cl)c3)CC2)c1. The number of halogens is 1. The lowest BCUT2D eigenvalue weighted by atomic mass is 10.1. The summed E-state index contributed by atoms with van der Waals surface area (Å²) in [5, 5.41) is 0.615. The highest BCUT2D eigenvalue weighted by Crippen LogP contribution is 2.17. The highest BCUT2D eigenvalue weighted by atomic mass is 35.5. The molecule has 0 aliphatic carbocycles. The first-order chi connectivity index (χ1) is 13.9. The quantitative estimate of drug-likeness (QED) is 0.439. The van der Waals surface area contributed by atoms with Gasteiger partial charge in [0, 0.05) is 49.8 Å². The van der Waals surface area contributed by atoms with Gasteiger partial charge in [0.25, 0.3) is 5.91 Å². The Morgan fingerprint density at radius 2 is 1.66 bits per heavy atom. The maximum absolute atomic E-state index is 12.7. The molecule has 6 nitrogen and oxygen atoms in total. The molecule has 0 saturated carbocycles. The van der Waals surface area contributed by atoms with Crippen LogP contribution < -0.4 is 4.74 Å². The van der Waals surface area contributed by atoms with E-state index < -0.39 is 5.97 Å². The van der Waals surface area contributed by atoms with E-state index in [9.17, 15) is 14.4 Å². The van der Waals surface area contributed by atoms with Crippen LogP contribution in [0, 0.1) is 0 Å². The van der Waals surface area contributed by atoms with Crippen LogP contribution in [-0.4, -0.2) is 53.8 Å². The molecule has 29 heavy (non-hydrogen) atoms. The fraction of sp³-hybridized carbons (Fsp3) is 0.227. The van der Waals surface area contributed by atoms with Gasteiger partial charge in [-0.3, -0.25) is 14.4 Å². The maximum atomic E-state index is 12.7. The van der Waals surface area contributed by atoms with Gasteiger partial charge in [-0.05, 0) is 42.0 Å². The van der Waals surface area contributed by atoms with Crippen LogP contribution >= 0.6 is 11.6 Å². The lowest BCUT2D eigenvalue weighted by molar-refractivity contribution is -0.132. The van der Waals surface area contributed by atoms with Gasteiger partial charge in [0.15, 0.2) is 0 Å². The molecule has 0 spiro atoms. The number of esters is 1. The molecule has 0 N–H and O–H groups in total. The molecule has 1 aliphatic rings. The summed E-state index contributed by atoms with van der Waals surface area (Å²) in [5.74, 6) is -0.356. The summed E-state index contributed by atoms with van der Waals surface area (Å²) in [5.41, 5.74) is 1.30. The van der Waals surface area contributed by atoms with Crippen molar-refractivity contribution in [3.8, 4) is 5.75 Å². The number of ether oxygens (including phenoxy) is 1. The molecule has 1 saturated heterocycles. The minimum absolute atomic E-state index is 0.103. The number of benzene rings is 2. The van der Waals surface area contributed by atoms with E-state index in [4.69, 9.17) is 16.3 Å². The number of carbonyl (C=O) groups is 3. The number of hydrogen-bond acceptors (Lipinski definition) is 4. The first kappa shape index (κ1) is 20.6. The van der Waals surface area contributed by atoms with Gasteiger partial charge in [0.2, 0.25) is 5.91 Å². The molecular formula is C22H21ClN2O4. The first-order valence-electron chi connectivity index (χ1n) is 9.23. The zero-order valence-corrected chi connectivity index (χ0v) is 16.8. The molecule has 2 aromatic rings. The molecule has 0 atom stereocenters. The van der Waals surface area contributed by atoms with Gasteiger partial charge < -0.3 is 14.5 Å². The number of hydrogen-bond donors (Lipinski definition) is 0. The number of amides is 2. The number of rotatable bonds is 4. The topological polar surface area (TPSA) is 66.9 Å². The molecule has 0 aromatic heterocycles. The van der Waals surface area contributed by atoms with Crippen molar-refractivity contribution in [3.63, 3.8) is 0 Å². The van der Waals surface area contributed by atoms with Crippen LogP contribution in [0.15, 0.2) is 54.6 Å². The molecule has 2 amide bonds. The van der Waals surface area contributed by atoms with Crippen LogP contribution in [0.25, 0.3) is 6.08 Å². The Kier molecular flexibility index (Phi) is 6.67. The van der Waals surface area contributed by atoms with Crippen LogP contribution in [0.4, 0.5) is 0 Å². The Hall–Kier alpha value is -3.12. The fourth-order valence-electron chi connectivity index (χ4n) is 3.05. The standard InChI is InChI=1S/C22H21ClN2O4/c1-16(26)29-20-7-3-5-18(15-20)22(28)25-12-10-24(11-13-25)21(27)9-8-17-4-2-6-19(23)14-17/h2-9,14-15H,10-13H2,1H3/b9-8+. The third-order valence-electron chi connectivity index (χ3n) is 4.49. The second-order valence-corrected chi connectivity index (χ2v) is 7.06. The summed E-state index contributed by atoms with van der Waals surface area (Å²) in [4.78, 5) is 39.6. The van der Waals surface area contributed by atoms with Crippen molar-refractivity contribution >= 4 is 35.5 Å². The van der Waals surface area contributed by atoms with Crippen molar-refractivity contribution in [2.24, 2.45) is 0 Å². The number of piperazine rings is 1. The molecule has 2 aromatic carbocycles. The molecule has 1 aliphatic heterocycles. The average Bonchev–Trinajstić information content (AvgIpc) is 2.71. The van der Waals surface area contributed by atoms with Gasteiger partial charge in [0.05, 0.1) is 0 Å². The smallest absolute Gasteiger partial charge is 0.308 e. The van der Waals surface area contributed by atoms with E-state index in [1.165, 1.54) is 13.0 Å². The Morgan fingerprint density at radius 1 is 0.966 bits per heavy atom. The molecule has 1 heterocycles. The van der Waals surface area contributed by atoms with Gasteiger partial charge >= 0.3 is 5.97 Å². The van der Waals surface area contributed by atoms with E-state index >= 15 is 0 Å². The van der Waals surface area contributed by atoms with Crippen LogP contribution in [0.5, 0.6) is 5.75 Å². The summed E-state index contributed by atoms with van der Waals surface area (Å²) in [7, 11) is 0. The largest absolute Gasteiger partial charge is 0.427 e. The lowest BCUT2D eigenvalue weighted by Gasteiger charge is -2.34. The average molecular weight is 413 g/mol. The predicted molar refractivity (Wildman–Crippen MR) is 111 cm³/mol. The van der Waals surface area contributed by atoms with Crippen molar-refractivity contribution in [2.75, 3.05) is 26.2 Å². The molecule has 3 rings (SSSR count). The summed E-state index contributed by atoms with van der Waals surface area (Å²) in [6.07, 6.45) is 3.25. The van der Waals surface area contributed by atoms with Crippen molar-refractivity contribution in [1.82, 2.24) is 9.80 Å². The molecule has 1 fully saturated rings. The van der Waals surface area contributed by atoms with Crippen molar-refractivity contribution in [3.05, 3.63) is 70.8 Å². The molecular weight excluding hydrogens is 392 g/mol. The lowest BCUT2D eigenvalue weighted by Crippen LogP contribution is -2.50. The summed E-state index contributed by atoms with van der Waals surface area (Å²) in [6.45, 7) is 3.09. The third kappa shape index (κ3) is 5.68. The number of carbonyl (C=O) groups excluding carboxylic acids is 3. The van der Waals surface area contributed by atoms with Crippen molar-refractivity contribution < 1.29 is 19.1 Å². The van der Waals surface area contributed by atoms with E-state index in [1.807, 2.05) is 12.1 Å². The van der Waals surface area contributed by atoms with Gasteiger partial charge in [-0.25, -0.2) is 0 Å². The number of nitrogens with zero attached hydrogens (tertiary/aromatic N) is 2. The Bertz CT molecular complexity index is 949. The van der Waals surface area contributed by atoms with Gasteiger partial charge in [-0.1, -0.05) is 29.8 Å². The minimum atomic E-state index is -0.437. The predicted octanol–water partition coefficient (Wildman–Crippen LogP) is 3.26. The molecule has 0 unspecified atom stereocenters. The van der Waals surface area contributed by atoms with Crippen LogP contribution in [-0.2, 0) is 9.59 Å². The van der Waals surface area contributed by atoms with E-state index in [0.717, 1.165) is 5.56 Å². The van der Waals surface area contributed by atoms with Crippen LogP contribution in [0.1, 0.15) is 22.8 Å². The highest BCUT2D eigenvalue weighted by molar-refractivity contribution is 6.30. The van der Waals surface area contributed by atoms with Gasteiger partial charge in [-0.2, -0.15) is 0 Å². The Balaban J connectivity index is 1.56. The summed E-state index contributed by atoms with van der Waals surface area (Å²) >= 11 is 5.95. The van der Waals surface area contributed by atoms with Crippen molar-refractivity contribution in [2.45, 2.75) is 6.92 Å². The van der Waals surface area contributed by atoms with Crippen molar-refractivity contribution in [1.29, 1.82) is 0 Å². The van der Waals surface area contributed by atoms with Gasteiger partial charge in [-0.15, -0.1) is 0 Å². The van der Waals surface area contributed by atoms with Crippen LogP contribution in [0.2, 0.25) is 5.02 Å². The Labute approximate surface area is 174 Å². The monoisotopic (exact) mass is 412 g/mol. The normalized spacial score (nSPS) is 14.1. The van der Waals surface area contributed by atoms with E-state index in [1.54, 1.807) is 52.3 Å². The molecule has 150 valence electrons. The molecule has 0 bridgehead atoms. The van der Waals surface area contributed by atoms with E-state index in [0.29, 0.717) is 42.5 Å². The van der Waals surface area contributed by atoms with Gasteiger partial charge in [0.1, 0.15) is 5.75 Å². The summed E-state index contributed by atoms with van der Waals surface area (Å²) in [6, 6.07) is 13.8. The van der Waals surface area contributed by atoms with Crippen LogP contribution in [0.3, 0.4) is 0 Å². The molecule has 7 heteroatoms. The first-order valence-corrected chi connectivity index (χ1v) is 9.60. The Morgan fingerprint density at radius 3 is 2.34 bits per heavy atom. The third-order valence-corrected chi connectivity index (χ3v) is 4.72. The summed E-state index contributed by atoms with van der Waals surface area (Å²) < 4.78 is 5.03. The second kappa shape index (κ2) is 9.39. The molecule has 0 radical (unpaired) electrons. The zero-order chi connectivity index (χ0) is 20.8. The second-order valence-electron chi connectivity index (χ2n) is 6.63. The van der Waals surface area contributed by atoms with E-state index in [-0.39, 0.29) is 11.8 Å². The zero-order valence-electron chi connectivity index (χ0n) is 16.0. The fourth-order valence-corrected chi connectivity index (χ4v) is 3.25.